The van der Waals surface area contributed by atoms with Crippen molar-refractivity contribution >= 4 is 39.8 Å². The van der Waals surface area contributed by atoms with Crippen molar-refractivity contribution in [3.05, 3.63) is 76.8 Å². The molecule has 0 fully saturated rings. The van der Waals surface area contributed by atoms with E-state index in [4.69, 9.17) is 23.2 Å². The first-order chi connectivity index (χ1) is 12.2. The second kappa shape index (κ2) is 6.75. The highest BCUT2D eigenvalue weighted by Gasteiger charge is 2.06. The number of nitrogens with one attached hydrogen (secondary N) is 2. The number of benzene rings is 2. The fraction of sp³-hybridized carbons (Fsp3) is 0.0526. The van der Waals surface area contributed by atoms with Crippen molar-refractivity contribution in [1.29, 1.82) is 0 Å². The Morgan fingerprint density at radius 2 is 1.72 bits per heavy atom. The maximum atomic E-state index is 6.03. The highest BCUT2D eigenvalue weighted by Crippen LogP contribution is 2.25. The summed E-state index contributed by atoms with van der Waals surface area (Å²) >= 11 is 12.0. The first kappa shape index (κ1) is 15.9. The summed E-state index contributed by atoms with van der Waals surface area (Å²) in [5, 5.41) is 5.82. The van der Waals surface area contributed by atoms with E-state index < -0.39 is 0 Å². The molecule has 2 heterocycles. The molecule has 0 radical (unpaired) electrons. The molecule has 2 N–H and O–H groups in total. The maximum Gasteiger partial charge on any atom is 0.125 e. The zero-order chi connectivity index (χ0) is 17.2. The number of imidazole rings is 1. The Kier molecular flexibility index (Phi) is 4.30. The lowest BCUT2D eigenvalue weighted by Crippen LogP contribution is -2.02. The van der Waals surface area contributed by atoms with Gasteiger partial charge in [0.05, 0.1) is 24.0 Å². The van der Waals surface area contributed by atoms with Gasteiger partial charge >= 0.3 is 0 Å². The molecule has 6 heteroatoms. The molecule has 0 aliphatic heterocycles. The van der Waals surface area contributed by atoms with Crippen LogP contribution in [-0.4, -0.2) is 15.0 Å². The second-order valence-electron chi connectivity index (χ2n) is 5.62. The molecule has 0 aliphatic rings. The van der Waals surface area contributed by atoms with Gasteiger partial charge in [0.1, 0.15) is 5.82 Å². The van der Waals surface area contributed by atoms with Gasteiger partial charge < -0.3 is 10.3 Å². The quantitative estimate of drug-likeness (QED) is 0.496. The first-order valence-electron chi connectivity index (χ1n) is 7.77. The van der Waals surface area contributed by atoms with Gasteiger partial charge in [-0.25, -0.2) is 4.98 Å². The molecule has 0 bridgehead atoms. The van der Waals surface area contributed by atoms with Crippen LogP contribution in [0.5, 0.6) is 0 Å². The number of anilines is 1. The van der Waals surface area contributed by atoms with Crippen LogP contribution in [0.25, 0.3) is 22.2 Å². The summed E-state index contributed by atoms with van der Waals surface area (Å²) in [7, 11) is 0. The molecule has 2 aromatic heterocycles. The Labute approximate surface area is 154 Å². The van der Waals surface area contributed by atoms with Crippen molar-refractivity contribution in [1.82, 2.24) is 15.0 Å². The van der Waals surface area contributed by atoms with Crippen LogP contribution in [0.3, 0.4) is 0 Å². The number of halogens is 2. The lowest BCUT2D eigenvalue weighted by atomic mass is 10.2. The molecule has 0 saturated heterocycles. The molecule has 0 spiro atoms. The fourth-order valence-electron chi connectivity index (χ4n) is 2.68. The molecule has 2 aromatic carbocycles. The lowest BCUT2D eigenvalue weighted by molar-refractivity contribution is 1.00. The van der Waals surface area contributed by atoms with Crippen LogP contribution in [0, 0.1) is 0 Å². The Bertz CT molecular complexity index is 1030. The SMILES string of the molecule is Clc1ccc(-c2cnc(CNc3ccnc4cc(Cl)ccc34)[nH]2)cc1. The van der Waals surface area contributed by atoms with E-state index in [9.17, 15) is 0 Å². The Balaban J connectivity index is 1.53. The fourth-order valence-corrected chi connectivity index (χ4v) is 2.98. The normalized spacial score (nSPS) is 11.0. The summed E-state index contributed by atoms with van der Waals surface area (Å²) in [6.07, 6.45) is 3.59. The smallest absolute Gasteiger partial charge is 0.125 e. The average Bonchev–Trinajstić information content (AvgIpc) is 3.09. The number of fused-ring (bicyclic) bond motifs is 1. The van der Waals surface area contributed by atoms with Gasteiger partial charge in [0.2, 0.25) is 0 Å². The molecule has 25 heavy (non-hydrogen) atoms. The van der Waals surface area contributed by atoms with Crippen LogP contribution in [-0.2, 0) is 6.54 Å². The van der Waals surface area contributed by atoms with Crippen molar-refractivity contribution in [3.8, 4) is 11.3 Å². The highest BCUT2D eigenvalue weighted by molar-refractivity contribution is 6.31. The third kappa shape index (κ3) is 3.45. The minimum absolute atomic E-state index is 0.579. The third-order valence-electron chi connectivity index (χ3n) is 3.93. The lowest BCUT2D eigenvalue weighted by Gasteiger charge is -2.08. The molecule has 124 valence electrons. The van der Waals surface area contributed by atoms with E-state index in [0.29, 0.717) is 11.6 Å². The van der Waals surface area contributed by atoms with Gasteiger partial charge in [-0.15, -0.1) is 0 Å². The van der Waals surface area contributed by atoms with Crippen molar-refractivity contribution in [2.24, 2.45) is 0 Å². The monoisotopic (exact) mass is 368 g/mol. The predicted molar refractivity (Wildman–Crippen MR) is 103 cm³/mol. The molecule has 0 atom stereocenters. The molecular formula is C19H14Cl2N4. The Morgan fingerprint density at radius 1 is 0.920 bits per heavy atom. The van der Waals surface area contributed by atoms with Crippen LogP contribution in [0.4, 0.5) is 5.69 Å². The van der Waals surface area contributed by atoms with Crippen LogP contribution in [0.15, 0.2) is 60.9 Å². The number of pyridine rings is 1. The standard InChI is InChI=1S/C19H14Cl2N4/c20-13-3-1-12(2-4-13)18-10-24-19(25-18)11-23-16-7-8-22-17-9-14(21)5-6-15(16)17/h1-10H,11H2,(H,22,23)(H,24,25). The van der Waals surface area contributed by atoms with Crippen LogP contribution in [0.2, 0.25) is 10.0 Å². The minimum atomic E-state index is 0.579. The largest absolute Gasteiger partial charge is 0.377 e. The summed E-state index contributed by atoms with van der Waals surface area (Å²) in [6.45, 7) is 0.579. The van der Waals surface area contributed by atoms with Crippen molar-refractivity contribution in [3.63, 3.8) is 0 Å². The van der Waals surface area contributed by atoms with Gasteiger partial charge in [-0.1, -0.05) is 35.3 Å². The van der Waals surface area contributed by atoms with E-state index >= 15 is 0 Å². The molecule has 0 saturated carbocycles. The van der Waals surface area contributed by atoms with Crippen molar-refractivity contribution in [2.75, 3.05) is 5.32 Å². The van der Waals surface area contributed by atoms with Crippen molar-refractivity contribution < 1.29 is 0 Å². The first-order valence-corrected chi connectivity index (χ1v) is 8.52. The van der Waals surface area contributed by atoms with Gasteiger partial charge in [0, 0.05) is 27.3 Å². The summed E-state index contributed by atoms with van der Waals surface area (Å²) in [5.74, 6) is 0.851. The van der Waals surface area contributed by atoms with E-state index in [2.05, 4.69) is 20.3 Å². The van der Waals surface area contributed by atoms with E-state index in [1.807, 2.05) is 54.7 Å². The van der Waals surface area contributed by atoms with E-state index in [1.54, 1.807) is 6.20 Å². The van der Waals surface area contributed by atoms with Crippen LogP contribution in [0.1, 0.15) is 5.82 Å². The number of hydrogen-bond donors (Lipinski definition) is 2. The van der Waals surface area contributed by atoms with Crippen molar-refractivity contribution in [2.45, 2.75) is 6.54 Å². The molecule has 4 aromatic rings. The van der Waals surface area contributed by atoms with Gasteiger partial charge in [-0.05, 0) is 42.0 Å². The summed E-state index contributed by atoms with van der Waals surface area (Å²) < 4.78 is 0. The van der Waals surface area contributed by atoms with E-state index in [1.165, 1.54) is 0 Å². The van der Waals surface area contributed by atoms with Gasteiger partial charge in [0.15, 0.2) is 0 Å². The molecule has 0 aliphatic carbocycles. The zero-order valence-electron chi connectivity index (χ0n) is 13.1. The number of rotatable bonds is 4. The van der Waals surface area contributed by atoms with E-state index in [-0.39, 0.29) is 0 Å². The number of aromatic amines is 1. The summed E-state index contributed by atoms with van der Waals surface area (Å²) in [5.41, 5.74) is 3.86. The topological polar surface area (TPSA) is 53.6 Å². The maximum absolute atomic E-state index is 6.03. The summed E-state index contributed by atoms with van der Waals surface area (Å²) in [6, 6.07) is 15.3. The van der Waals surface area contributed by atoms with Gasteiger partial charge in [0.25, 0.3) is 0 Å². The molecule has 4 nitrogen and oxygen atoms in total. The molecule has 0 amide bonds. The number of hydrogen-bond acceptors (Lipinski definition) is 3. The second-order valence-corrected chi connectivity index (χ2v) is 6.50. The average molecular weight is 369 g/mol. The highest BCUT2D eigenvalue weighted by atomic mass is 35.5. The van der Waals surface area contributed by atoms with Crippen LogP contribution >= 0.6 is 23.2 Å². The van der Waals surface area contributed by atoms with Crippen LogP contribution < -0.4 is 5.32 Å². The van der Waals surface area contributed by atoms with E-state index in [0.717, 1.165) is 38.7 Å². The number of H-pyrrole nitrogens is 1. The Morgan fingerprint density at radius 3 is 2.56 bits per heavy atom. The summed E-state index contributed by atoms with van der Waals surface area (Å²) in [4.78, 5) is 12.1. The third-order valence-corrected chi connectivity index (χ3v) is 4.42. The minimum Gasteiger partial charge on any atom is -0.377 e. The predicted octanol–water partition coefficient (Wildman–Crippen LogP) is 5.54. The zero-order valence-corrected chi connectivity index (χ0v) is 14.6. The Hall–Kier alpha value is -2.56. The number of nitrogens with zero attached hydrogens (tertiary/aromatic N) is 2. The van der Waals surface area contributed by atoms with Gasteiger partial charge in [-0.2, -0.15) is 0 Å². The molecule has 0 unspecified atom stereocenters. The molecule has 4 rings (SSSR count). The van der Waals surface area contributed by atoms with Gasteiger partial charge in [-0.3, -0.25) is 4.98 Å². The molecular weight excluding hydrogens is 355 g/mol. The number of aromatic nitrogens is 3.